The largest absolute Gasteiger partial charge is 0.497 e. The summed E-state index contributed by atoms with van der Waals surface area (Å²) in [5.74, 6) is 0.657. The Morgan fingerprint density at radius 3 is 2.64 bits per heavy atom. The number of nitrogens with zero attached hydrogens (tertiary/aromatic N) is 2. The molecule has 0 aliphatic carbocycles. The number of methoxy groups -OCH3 is 1. The van der Waals surface area contributed by atoms with Gasteiger partial charge in [-0.3, -0.25) is 4.90 Å². The lowest BCUT2D eigenvalue weighted by molar-refractivity contribution is 0.132. The van der Waals surface area contributed by atoms with Gasteiger partial charge in [-0.15, -0.1) is 0 Å². The first-order chi connectivity index (χ1) is 12.2. The van der Waals surface area contributed by atoms with Gasteiger partial charge in [0.05, 0.1) is 13.8 Å². The second kappa shape index (κ2) is 8.27. The van der Waals surface area contributed by atoms with Crippen LogP contribution in [0.2, 0.25) is 0 Å². The van der Waals surface area contributed by atoms with Gasteiger partial charge < -0.3 is 15.0 Å². The molecule has 25 heavy (non-hydrogen) atoms. The fraction of sp³-hybridized carbons (Fsp3) is 0.316. The van der Waals surface area contributed by atoms with E-state index in [9.17, 15) is 4.39 Å². The summed E-state index contributed by atoms with van der Waals surface area (Å²) in [5, 5.41) is 3.94. The van der Waals surface area contributed by atoms with Crippen molar-refractivity contribution in [1.82, 2.24) is 9.80 Å². The van der Waals surface area contributed by atoms with Gasteiger partial charge in [-0.25, -0.2) is 4.39 Å². The zero-order valence-electron chi connectivity index (χ0n) is 14.2. The van der Waals surface area contributed by atoms with Crippen LogP contribution in [-0.2, 0) is 6.54 Å². The Hall–Kier alpha value is -2.18. The summed E-state index contributed by atoms with van der Waals surface area (Å²) in [6, 6.07) is 14.6. The average molecular weight is 359 g/mol. The molecule has 0 atom stereocenters. The SMILES string of the molecule is COc1ccc(NC(=S)N2CCCN(Cc3ccccc3F)C2)cc1. The van der Waals surface area contributed by atoms with Crippen LogP contribution in [0.25, 0.3) is 0 Å². The fourth-order valence-electron chi connectivity index (χ4n) is 2.91. The third kappa shape index (κ3) is 4.67. The van der Waals surface area contributed by atoms with Crippen molar-refractivity contribution >= 4 is 23.0 Å². The van der Waals surface area contributed by atoms with Crippen LogP contribution in [0.15, 0.2) is 48.5 Å². The molecule has 1 aliphatic rings. The maximum absolute atomic E-state index is 13.9. The fourth-order valence-corrected chi connectivity index (χ4v) is 3.17. The highest BCUT2D eigenvalue weighted by molar-refractivity contribution is 7.80. The first-order valence-corrected chi connectivity index (χ1v) is 8.72. The number of halogens is 1. The topological polar surface area (TPSA) is 27.7 Å². The molecule has 0 spiro atoms. The van der Waals surface area contributed by atoms with Gasteiger partial charge in [0, 0.05) is 30.9 Å². The number of anilines is 1. The predicted molar refractivity (Wildman–Crippen MR) is 102 cm³/mol. The third-order valence-corrected chi connectivity index (χ3v) is 4.61. The summed E-state index contributed by atoms with van der Waals surface area (Å²) in [6.07, 6.45) is 0.999. The highest BCUT2D eigenvalue weighted by atomic mass is 32.1. The molecule has 1 saturated heterocycles. The standard InChI is InChI=1S/C19H22FN3OS/c1-24-17-9-7-16(8-10-17)21-19(25)23-12-4-11-22(14-23)13-15-5-2-3-6-18(15)20/h2-3,5-10H,4,11-14H2,1H3,(H,21,25). The number of ether oxygens (including phenoxy) is 1. The van der Waals surface area contributed by atoms with Gasteiger partial charge in [-0.2, -0.15) is 0 Å². The van der Waals surface area contributed by atoms with E-state index in [1.165, 1.54) is 6.07 Å². The van der Waals surface area contributed by atoms with E-state index in [2.05, 4.69) is 15.1 Å². The van der Waals surface area contributed by atoms with Crippen molar-refractivity contribution in [3.63, 3.8) is 0 Å². The number of hydrogen-bond donors (Lipinski definition) is 1. The Labute approximate surface area is 153 Å². The van der Waals surface area contributed by atoms with Crippen LogP contribution in [0, 0.1) is 5.82 Å². The summed E-state index contributed by atoms with van der Waals surface area (Å²) in [4.78, 5) is 4.33. The second-order valence-corrected chi connectivity index (χ2v) is 6.45. The van der Waals surface area contributed by atoms with E-state index in [1.54, 1.807) is 13.2 Å². The Morgan fingerprint density at radius 1 is 1.16 bits per heavy atom. The van der Waals surface area contributed by atoms with E-state index in [1.807, 2.05) is 36.4 Å². The van der Waals surface area contributed by atoms with Crippen molar-refractivity contribution in [2.24, 2.45) is 0 Å². The Bertz CT molecular complexity index is 723. The van der Waals surface area contributed by atoms with Gasteiger partial charge in [0.1, 0.15) is 11.6 Å². The molecule has 132 valence electrons. The number of thiocarbonyl (C=S) groups is 1. The number of rotatable bonds is 4. The molecular weight excluding hydrogens is 337 g/mol. The zero-order chi connectivity index (χ0) is 17.6. The molecule has 3 rings (SSSR count). The van der Waals surface area contributed by atoms with Crippen LogP contribution >= 0.6 is 12.2 Å². The minimum absolute atomic E-state index is 0.154. The summed E-state index contributed by atoms with van der Waals surface area (Å²) < 4.78 is 19.0. The monoisotopic (exact) mass is 359 g/mol. The van der Waals surface area contributed by atoms with Crippen LogP contribution < -0.4 is 10.1 Å². The number of benzene rings is 2. The van der Waals surface area contributed by atoms with Crippen LogP contribution in [0.3, 0.4) is 0 Å². The summed E-state index contributed by atoms with van der Waals surface area (Å²) in [5.41, 5.74) is 1.65. The maximum Gasteiger partial charge on any atom is 0.174 e. The van der Waals surface area contributed by atoms with Crippen molar-refractivity contribution in [1.29, 1.82) is 0 Å². The second-order valence-electron chi connectivity index (χ2n) is 6.06. The van der Waals surface area contributed by atoms with Crippen molar-refractivity contribution in [3.8, 4) is 5.75 Å². The molecule has 0 aromatic heterocycles. The molecule has 1 heterocycles. The van der Waals surface area contributed by atoms with Gasteiger partial charge in [0.15, 0.2) is 5.11 Å². The normalized spacial score (nSPS) is 15.0. The molecule has 1 aliphatic heterocycles. The lowest BCUT2D eigenvalue weighted by Gasteiger charge is -2.37. The summed E-state index contributed by atoms with van der Waals surface area (Å²) >= 11 is 5.54. The van der Waals surface area contributed by atoms with E-state index >= 15 is 0 Å². The molecule has 0 saturated carbocycles. The van der Waals surface area contributed by atoms with Crippen molar-refractivity contribution in [2.75, 3.05) is 32.2 Å². The van der Waals surface area contributed by atoms with Gasteiger partial charge in [-0.05, 0) is 49.0 Å². The molecule has 1 N–H and O–H groups in total. The van der Waals surface area contributed by atoms with Crippen molar-refractivity contribution in [3.05, 3.63) is 59.9 Å². The van der Waals surface area contributed by atoms with E-state index in [-0.39, 0.29) is 5.82 Å². The predicted octanol–water partition coefficient (Wildman–Crippen LogP) is 3.70. The van der Waals surface area contributed by atoms with Gasteiger partial charge in [-0.1, -0.05) is 18.2 Å². The van der Waals surface area contributed by atoms with Crippen LogP contribution in [0.1, 0.15) is 12.0 Å². The molecule has 0 radical (unpaired) electrons. The van der Waals surface area contributed by atoms with E-state index in [0.717, 1.165) is 36.5 Å². The minimum Gasteiger partial charge on any atom is -0.497 e. The van der Waals surface area contributed by atoms with E-state index in [0.29, 0.717) is 18.3 Å². The molecule has 1 fully saturated rings. The molecule has 2 aromatic carbocycles. The quantitative estimate of drug-likeness (QED) is 0.841. The van der Waals surface area contributed by atoms with Gasteiger partial charge in [0.25, 0.3) is 0 Å². The van der Waals surface area contributed by atoms with Crippen molar-refractivity contribution < 1.29 is 9.13 Å². The first kappa shape index (κ1) is 17.6. The maximum atomic E-state index is 13.9. The first-order valence-electron chi connectivity index (χ1n) is 8.31. The van der Waals surface area contributed by atoms with Crippen LogP contribution in [0.5, 0.6) is 5.75 Å². The smallest absolute Gasteiger partial charge is 0.174 e. The zero-order valence-corrected chi connectivity index (χ0v) is 15.1. The Morgan fingerprint density at radius 2 is 1.92 bits per heavy atom. The molecular formula is C19H22FN3OS. The minimum atomic E-state index is -0.154. The number of hydrogen-bond acceptors (Lipinski definition) is 3. The Kier molecular flexibility index (Phi) is 5.83. The lowest BCUT2D eigenvalue weighted by atomic mass is 10.2. The van der Waals surface area contributed by atoms with E-state index in [4.69, 9.17) is 17.0 Å². The average Bonchev–Trinajstić information content (AvgIpc) is 2.64. The molecule has 0 unspecified atom stereocenters. The molecule has 4 nitrogen and oxygen atoms in total. The Balaban J connectivity index is 1.58. The number of nitrogens with one attached hydrogen (secondary N) is 1. The summed E-state index contributed by atoms with van der Waals surface area (Å²) in [7, 11) is 1.64. The highest BCUT2D eigenvalue weighted by Gasteiger charge is 2.20. The van der Waals surface area contributed by atoms with Crippen molar-refractivity contribution in [2.45, 2.75) is 13.0 Å². The molecule has 0 bridgehead atoms. The van der Waals surface area contributed by atoms with Gasteiger partial charge in [0.2, 0.25) is 0 Å². The van der Waals surface area contributed by atoms with Gasteiger partial charge >= 0.3 is 0 Å². The van der Waals surface area contributed by atoms with E-state index < -0.39 is 0 Å². The van der Waals surface area contributed by atoms with Crippen LogP contribution in [0.4, 0.5) is 10.1 Å². The molecule has 6 heteroatoms. The summed E-state index contributed by atoms with van der Waals surface area (Å²) in [6.45, 7) is 3.12. The third-order valence-electron chi connectivity index (χ3n) is 4.25. The molecule has 2 aromatic rings. The molecule has 0 amide bonds. The lowest BCUT2D eigenvalue weighted by Crippen LogP contribution is -2.48. The highest BCUT2D eigenvalue weighted by Crippen LogP contribution is 2.17. The van der Waals surface area contributed by atoms with Crippen LogP contribution in [-0.4, -0.2) is 41.8 Å².